The van der Waals surface area contributed by atoms with E-state index in [0.29, 0.717) is 33.5 Å². The summed E-state index contributed by atoms with van der Waals surface area (Å²) in [7, 11) is -2.87. The molecule has 0 saturated carbocycles. The summed E-state index contributed by atoms with van der Waals surface area (Å²) in [6, 6.07) is 4.74. The fraction of sp³-hybridized carbons (Fsp3) is 0.391. The molecule has 0 unspecified atom stereocenters. The van der Waals surface area contributed by atoms with Crippen LogP contribution in [0, 0.1) is 13.8 Å². The predicted molar refractivity (Wildman–Crippen MR) is 128 cm³/mol. The Kier molecular flexibility index (Phi) is 6.48. The predicted octanol–water partition coefficient (Wildman–Crippen LogP) is 4.22. The zero-order valence-electron chi connectivity index (χ0n) is 19.6. The van der Waals surface area contributed by atoms with E-state index in [-0.39, 0.29) is 31.0 Å². The Hall–Kier alpha value is -3.20. The number of anilines is 1. The lowest BCUT2D eigenvalue weighted by Crippen LogP contribution is -2.44. The summed E-state index contributed by atoms with van der Waals surface area (Å²) in [6.07, 6.45) is -2.38. The monoisotopic (exact) mass is 506 g/mol. The van der Waals surface area contributed by atoms with Crippen molar-refractivity contribution in [3.05, 3.63) is 53.0 Å². The summed E-state index contributed by atoms with van der Waals surface area (Å²) in [5.74, 6) is 0.881. The van der Waals surface area contributed by atoms with E-state index in [4.69, 9.17) is 5.73 Å². The van der Waals surface area contributed by atoms with Gasteiger partial charge in [-0.2, -0.15) is 13.2 Å². The van der Waals surface area contributed by atoms with Crippen LogP contribution in [0.5, 0.6) is 0 Å². The molecule has 1 aliphatic rings. The summed E-state index contributed by atoms with van der Waals surface area (Å²) in [5, 5.41) is 3.79. The average molecular weight is 506 g/mol. The molecule has 1 saturated heterocycles. The van der Waals surface area contributed by atoms with Crippen LogP contribution in [0.1, 0.15) is 35.5 Å². The number of primary amides is 1. The number of hydrogen-bond acceptors (Lipinski definition) is 6. The molecule has 0 spiro atoms. The van der Waals surface area contributed by atoms with E-state index < -0.39 is 31.0 Å². The summed E-state index contributed by atoms with van der Waals surface area (Å²) < 4.78 is 53.8. The third-order valence-electron chi connectivity index (χ3n) is 6.37. The van der Waals surface area contributed by atoms with Gasteiger partial charge >= 0.3 is 12.2 Å². The molecule has 0 radical (unpaired) electrons. The molecule has 186 valence electrons. The summed E-state index contributed by atoms with van der Waals surface area (Å²) in [6.45, 7) is 5.49. The highest BCUT2D eigenvalue weighted by Crippen LogP contribution is 2.46. The number of pyridine rings is 1. The first kappa shape index (κ1) is 24.9. The van der Waals surface area contributed by atoms with Crippen molar-refractivity contribution in [2.75, 3.05) is 30.7 Å². The molecule has 8 nitrogen and oxygen atoms in total. The van der Waals surface area contributed by atoms with Gasteiger partial charge in [0.05, 0.1) is 23.3 Å². The second kappa shape index (κ2) is 9.11. The standard InChI is InChI=1S/C23H26F3N6O2P/c1-13-16(5-4-6-18(13)23(24,25)26)14(2)29-21-17-11-20(28-12-19(17)30-15(3)31-21)35(34)9-7-32(8-10-35)22(27)33/h4-6,11-12,14H,7-10H2,1-3H3,(H2,27,33)(H,29,30,31)/t14-/m1/s1. The lowest BCUT2D eigenvalue weighted by atomic mass is 9.97. The van der Waals surface area contributed by atoms with Crippen LogP contribution in [-0.2, 0) is 10.7 Å². The van der Waals surface area contributed by atoms with Crippen LogP contribution in [0.15, 0.2) is 30.5 Å². The lowest BCUT2D eigenvalue weighted by molar-refractivity contribution is -0.138. The molecule has 1 fully saturated rings. The van der Waals surface area contributed by atoms with Crippen molar-refractivity contribution in [1.82, 2.24) is 19.9 Å². The van der Waals surface area contributed by atoms with E-state index in [1.165, 1.54) is 24.1 Å². The SMILES string of the molecule is Cc1nc(N[C@H](C)c2cccc(C(F)(F)F)c2C)c2cc(P3(=O)CCN(C(N)=O)CC3)ncc2n1. The first-order valence-electron chi connectivity index (χ1n) is 11.1. The van der Waals surface area contributed by atoms with Gasteiger partial charge in [0.1, 0.15) is 24.2 Å². The third kappa shape index (κ3) is 4.96. The van der Waals surface area contributed by atoms with E-state index in [2.05, 4.69) is 20.3 Å². The van der Waals surface area contributed by atoms with Gasteiger partial charge in [0.25, 0.3) is 0 Å². The highest BCUT2D eigenvalue weighted by molar-refractivity contribution is 7.71. The molecule has 2 amide bonds. The Morgan fingerprint density at radius 1 is 1.20 bits per heavy atom. The van der Waals surface area contributed by atoms with Crippen molar-refractivity contribution in [1.29, 1.82) is 0 Å². The van der Waals surface area contributed by atoms with Crippen molar-refractivity contribution in [2.45, 2.75) is 33.0 Å². The van der Waals surface area contributed by atoms with Gasteiger partial charge in [-0.1, -0.05) is 12.1 Å². The second-order valence-electron chi connectivity index (χ2n) is 8.72. The third-order valence-corrected chi connectivity index (χ3v) is 9.30. The molecule has 1 aromatic carbocycles. The molecule has 3 heterocycles. The number of benzene rings is 1. The van der Waals surface area contributed by atoms with Crippen LogP contribution in [0.3, 0.4) is 0 Å². The molecule has 1 aliphatic heterocycles. The molecule has 3 N–H and O–H groups in total. The van der Waals surface area contributed by atoms with Gasteiger partial charge in [-0.25, -0.2) is 14.8 Å². The normalized spacial score (nSPS) is 16.8. The number of carbonyl (C=O) groups excluding carboxylic acids is 1. The molecule has 35 heavy (non-hydrogen) atoms. The van der Waals surface area contributed by atoms with E-state index in [0.717, 1.165) is 6.07 Å². The smallest absolute Gasteiger partial charge is 0.363 e. The molecule has 12 heteroatoms. The maximum Gasteiger partial charge on any atom is 0.416 e. The van der Waals surface area contributed by atoms with Crippen LogP contribution >= 0.6 is 7.14 Å². The van der Waals surface area contributed by atoms with Crippen molar-refractivity contribution >= 4 is 35.3 Å². The number of rotatable bonds is 4. The Morgan fingerprint density at radius 3 is 2.51 bits per heavy atom. The molecule has 0 bridgehead atoms. The van der Waals surface area contributed by atoms with Crippen molar-refractivity contribution < 1.29 is 22.5 Å². The minimum atomic E-state index is -4.45. The Bertz CT molecular complexity index is 1330. The number of nitrogens with two attached hydrogens (primary N) is 1. The number of aryl methyl sites for hydroxylation is 1. The largest absolute Gasteiger partial charge is 0.416 e. The van der Waals surface area contributed by atoms with Crippen LogP contribution in [0.4, 0.5) is 23.8 Å². The lowest BCUT2D eigenvalue weighted by Gasteiger charge is -2.30. The molecule has 1 atom stereocenters. The van der Waals surface area contributed by atoms with Crippen molar-refractivity contribution in [2.24, 2.45) is 5.73 Å². The molecule has 3 aromatic rings. The van der Waals surface area contributed by atoms with Gasteiger partial charge in [0.15, 0.2) is 0 Å². The van der Waals surface area contributed by atoms with Gasteiger partial charge in [0.2, 0.25) is 0 Å². The van der Waals surface area contributed by atoms with Gasteiger partial charge in [-0.05, 0) is 44.0 Å². The Morgan fingerprint density at radius 2 is 1.89 bits per heavy atom. The van der Waals surface area contributed by atoms with Crippen molar-refractivity contribution in [3.63, 3.8) is 0 Å². The fourth-order valence-electron chi connectivity index (χ4n) is 4.42. The highest BCUT2D eigenvalue weighted by atomic mass is 31.2. The molecule has 2 aromatic heterocycles. The van der Waals surface area contributed by atoms with E-state index >= 15 is 0 Å². The zero-order valence-corrected chi connectivity index (χ0v) is 20.5. The maximum absolute atomic E-state index is 13.6. The number of urea groups is 1. The first-order valence-corrected chi connectivity index (χ1v) is 13.2. The fourth-order valence-corrected chi connectivity index (χ4v) is 6.86. The van der Waals surface area contributed by atoms with Gasteiger partial charge in [-0.3, -0.25) is 4.98 Å². The minimum Gasteiger partial charge on any atom is -0.363 e. The number of alkyl halides is 3. The number of aromatic nitrogens is 3. The van der Waals surface area contributed by atoms with E-state index in [1.54, 1.807) is 26.0 Å². The highest BCUT2D eigenvalue weighted by Gasteiger charge is 2.34. The van der Waals surface area contributed by atoms with E-state index in [1.807, 2.05) is 0 Å². The molecule has 0 aliphatic carbocycles. The van der Waals surface area contributed by atoms with Gasteiger partial charge in [0, 0.05) is 30.8 Å². The maximum atomic E-state index is 13.6. The van der Waals surface area contributed by atoms with Crippen LogP contribution in [0.2, 0.25) is 0 Å². The number of hydrogen-bond donors (Lipinski definition) is 2. The molecule has 4 rings (SSSR count). The van der Waals surface area contributed by atoms with Crippen LogP contribution < -0.4 is 16.5 Å². The van der Waals surface area contributed by atoms with Crippen LogP contribution in [0.25, 0.3) is 10.9 Å². The number of fused-ring (bicyclic) bond motifs is 1. The number of nitrogens with one attached hydrogen (secondary N) is 1. The topological polar surface area (TPSA) is 114 Å². The van der Waals surface area contributed by atoms with Crippen LogP contribution in [-0.4, -0.2) is 51.3 Å². The number of amides is 2. The Balaban J connectivity index is 1.70. The number of halogens is 3. The summed E-state index contributed by atoms with van der Waals surface area (Å²) in [4.78, 5) is 26.2. The summed E-state index contributed by atoms with van der Waals surface area (Å²) >= 11 is 0. The van der Waals surface area contributed by atoms with Gasteiger partial charge < -0.3 is 20.5 Å². The minimum absolute atomic E-state index is 0.142. The number of nitrogens with zero attached hydrogens (tertiary/aromatic N) is 4. The first-order chi connectivity index (χ1) is 16.4. The molecular formula is C23H26F3N6O2P. The van der Waals surface area contributed by atoms with Gasteiger partial charge in [-0.15, -0.1) is 0 Å². The average Bonchev–Trinajstić information content (AvgIpc) is 2.78. The van der Waals surface area contributed by atoms with Crippen molar-refractivity contribution in [3.8, 4) is 0 Å². The second-order valence-corrected chi connectivity index (χ2v) is 11.9. The quantitative estimate of drug-likeness (QED) is 0.513. The summed E-state index contributed by atoms with van der Waals surface area (Å²) in [5.41, 5.74) is 6.22. The zero-order chi connectivity index (χ0) is 25.5. The molecular weight excluding hydrogens is 480 g/mol. The Labute approximate surface area is 200 Å². The van der Waals surface area contributed by atoms with E-state index in [9.17, 15) is 22.5 Å². The number of carbonyl (C=O) groups is 1.